The second kappa shape index (κ2) is 5.50. The van der Waals surface area contributed by atoms with Gasteiger partial charge in [-0.1, -0.05) is 11.6 Å². The lowest BCUT2D eigenvalue weighted by atomic mass is 10.0. The number of aromatic nitrogens is 3. The van der Waals surface area contributed by atoms with E-state index in [9.17, 15) is 0 Å². The third-order valence-corrected chi connectivity index (χ3v) is 3.61. The normalized spacial score (nSPS) is 12.7. The van der Waals surface area contributed by atoms with Crippen LogP contribution >= 0.6 is 11.6 Å². The summed E-state index contributed by atoms with van der Waals surface area (Å²) in [5, 5.41) is 8.40. The fourth-order valence-electron chi connectivity index (χ4n) is 2.08. The van der Waals surface area contributed by atoms with Crippen LogP contribution in [0.15, 0.2) is 24.5 Å². The summed E-state index contributed by atoms with van der Waals surface area (Å²) < 4.78 is 1.85. The lowest BCUT2D eigenvalue weighted by molar-refractivity contribution is 0.561. The van der Waals surface area contributed by atoms with Gasteiger partial charge in [0.2, 0.25) is 0 Å². The molecule has 1 unspecified atom stereocenters. The van der Waals surface area contributed by atoms with E-state index in [-0.39, 0.29) is 6.04 Å². The highest BCUT2D eigenvalue weighted by Crippen LogP contribution is 2.25. The zero-order valence-corrected chi connectivity index (χ0v) is 11.6. The molecule has 0 aromatic carbocycles. The SMILES string of the molecule is CNC(Cc1c(Cl)c(C)nn1C)c1ccncc1. The quantitative estimate of drug-likeness (QED) is 0.921. The molecule has 1 atom stereocenters. The van der Waals surface area contributed by atoms with Crippen LogP contribution in [0.2, 0.25) is 5.02 Å². The maximum Gasteiger partial charge on any atom is 0.0847 e. The number of hydrogen-bond acceptors (Lipinski definition) is 3. The van der Waals surface area contributed by atoms with Gasteiger partial charge in [0.1, 0.15) is 0 Å². The molecule has 2 rings (SSSR count). The summed E-state index contributed by atoms with van der Waals surface area (Å²) >= 11 is 6.28. The average molecular weight is 265 g/mol. The maximum atomic E-state index is 6.28. The molecule has 0 bridgehead atoms. The molecular weight excluding hydrogens is 248 g/mol. The summed E-state index contributed by atoms with van der Waals surface area (Å²) in [5.41, 5.74) is 3.12. The Hall–Kier alpha value is -1.39. The molecule has 0 aliphatic carbocycles. The number of likely N-dealkylation sites (N-methyl/N-ethyl adjacent to an activating group) is 1. The Morgan fingerprint density at radius 3 is 2.56 bits per heavy atom. The molecule has 2 aromatic heterocycles. The first-order valence-electron chi connectivity index (χ1n) is 5.88. The molecule has 2 heterocycles. The topological polar surface area (TPSA) is 42.7 Å². The van der Waals surface area contributed by atoms with Crippen molar-refractivity contribution in [3.8, 4) is 0 Å². The van der Waals surface area contributed by atoms with Gasteiger partial charge in [0.05, 0.1) is 16.4 Å². The minimum Gasteiger partial charge on any atom is -0.313 e. The van der Waals surface area contributed by atoms with Crippen LogP contribution in [0.4, 0.5) is 0 Å². The number of hydrogen-bond donors (Lipinski definition) is 1. The van der Waals surface area contributed by atoms with Gasteiger partial charge in [0.15, 0.2) is 0 Å². The van der Waals surface area contributed by atoms with E-state index in [0.717, 1.165) is 22.8 Å². The first-order valence-corrected chi connectivity index (χ1v) is 6.26. The Balaban J connectivity index is 2.26. The summed E-state index contributed by atoms with van der Waals surface area (Å²) in [6, 6.07) is 4.23. The van der Waals surface area contributed by atoms with Crippen molar-refractivity contribution < 1.29 is 0 Å². The van der Waals surface area contributed by atoms with Gasteiger partial charge in [-0.2, -0.15) is 5.10 Å². The number of halogens is 1. The van der Waals surface area contributed by atoms with Gasteiger partial charge in [0.25, 0.3) is 0 Å². The van der Waals surface area contributed by atoms with E-state index in [0.29, 0.717) is 0 Å². The predicted molar refractivity (Wildman–Crippen MR) is 72.7 cm³/mol. The van der Waals surface area contributed by atoms with Crippen LogP contribution in [0.5, 0.6) is 0 Å². The number of aryl methyl sites for hydroxylation is 2. The molecule has 1 N–H and O–H groups in total. The minimum absolute atomic E-state index is 0.209. The molecule has 4 nitrogen and oxygen atoms in total. The molecule has 0 fully saturated rings. The highest BCUT2D eigenvalue weighted by molar-refractivity contribution is 6.31. The lowest BCUT2D eigenvalue weighted by Crippen LogP contribution is -2.20. The number of rotatable bonds is 4. The van der Waals surface area contributed by atoms with Crippen molar-refractivity contribution in [3.63, 3.8) is 0 Å². The fraction of sp³-hybridized carbons (Fsp3) is 0.385. The van der Waals surface area contributed by atoms with Gasteiger partial charge < -0.3 is 5.32 Å². The highest BCUT2D eigenvalue weighted by Gasteiger charge is 2.17. The van der Waals surface area contributed by atoms with E-state index in [1.807, 2.05) is 37.8 Å². The molecule has 5 heteroatoms. The zero-order chi connectivity index (χ0) is 13.1. The summed E-state index contributed by atoms with van der Waals surface area (Å²) in [5.74, 6) is 0. The summed E-state index contributed by atoms with van der Waals surface area (Å²) in [4.78, 5) is 4.04. The standard InChI is InChI=1S/C13H17ClN4/c1-9-13(14)12(18(3)17-9)8-11(15-2)10-4-6-16-7-5-10/h4-7,11,15H,8H2,1-3H3. The van der Waals surface area contributed by atoms with Crippen LogP contribution in [-0.4, -0.2) is 21.8 Å². The number of nitrogens with zero attached hydrogens (tertiary/aromatic N) is 3. The van der Waals surface area contributed by atoms with Crippen LogP contribution in [0.1, 0.15) is 23.0 Å². The second-order valence-electron chi connectivity index (χ2n) is 4.30. The van der Waals surface area contributed by atoms with Gasteiger partial charge in [-0.25, -0.2) is 0 Å². The Morgan fingerprint density at radius 1 is 1.39 bits per heavy atom. The van der Waals surface area contributed by atoms with Crippen LogP contribution in [0.3, 0.4) is 0 Å². The Labute approximate surface area is 112 Å². The van der Waals surface area contributed by atoms with Gasteiger partial charge in [-0.05, 0) is 31.7 Å². The monoisotopic (exact) mass is 264 g/mol. The Morgan fingerprint density at radius 2 is 2.06 bits per heavy atom. The smallest absolute Gasteiger partial charge is 0.0847 e. The van der Waals surface area contributed by atoms with Crippen molar-refractivity contribution in [2.45, 2.75) is 19.4 Å². The highest BCUT2D eigenvalue weighted by atomic mass is 35.5. The third-order valence-electron chi connectivity index (χ3n) is 3.12. The largest absolute Gasteiger partial charge is 0.313 e. The van der Waals surface area contributed by atoms with Gasteiger partial charge in [0, 0.05) is 31.9 Å². The van der Waals surface area contributed by atoms with Crippen molar-refractivity contribution in [1.29, 1.82) is 0 Å². The van der Waals surface area contributed by atoms with Crippen molar-refractivity contribution in [1.82, 2.24) is 20.1 Å². The van der Waals surface area contributed by atoms with E-state index < -0.39 is 0 Å². The zero-order valence-electron chi connectivity index (χ0n) is 10.8. The predicted octanol–water partition coefficient (Wildman–Crippen LogP) is 2.28. The van der Waals surface area contributed by atoms with Crippen LogP contribution in [0.25, 0.3) is 0 Å². The summed E-state index contributed by atoms with van der Waals surface area (Å²) in [6.45, 7) is 1.92. The summed E-state index contributed by atoms with van der Waals surface area (Å²) in [7, 11) is 3.87. The van der Waals surface area contributed by atoms with E-state index in [2.05, 4.69) is 15.4 Å². The fourth-order valence-corrected chi connectivity index (χ4v) is 2.31. The van der Waals surface area contributed by atoms with Crippen molar-refractivity contribution in [2.24, 2.45) is 7.05 Å². The van der Waals surface area contributed by atoms with Gasteiger partial charge >= 0.3 is 0 Å². The van der Waals surface area contributed by atoms with E-state index in [4.69, 9.17) is 11.6 Å². The van der Waals surface area contributed by atoms with E-state index in [1.54, 1.807) is 12.4 Å². The molecule has 0 aliphatic heterocycles. The molecule has 18 heavy (non-hydrogen) atoms. The van der Waals surface area contributed by atoms with E-state index in [1.165, 1.54) is 5.56 Å². The first kappa shape index (κ1) is 13.1. The van der Waals surface area contributed by atoms with Crippen LogP contribution < -0.4 is 5.32 Å². The number of nitrogens with one attached hydrogen (secondary N) is 1. The van der Waals surface area contributed by atoms with Gasteiger partial charge in [-0.15, -0.1) is 0 Å². The Kier molecular flexibility index (Phi) is 3.99. The molecule has 0 saturated carbocycles. The van der Waals surface area contributed by atoms with E-state index >= 15 is 0 Å². The van der Waals surface area contributed by atoms with Gasteiger partial charge in [-0.3, -0.25) is 9.67 Å². The van der Waals surface area contributed by atoms with Crippen molar-refractivity contribution in [2.75, 3.05) is 7.05 Å². The van der Waals surface area contributed by atoms with Crippen LogP contribution in [-0.2, 0) is 13.5 Å². The molecular formula is C13H17ClN4. The molecule has 2 aromatic rings. The first-order chi connectivity index (χ1) is 8.63. The van der Waals surface area contributed by atoms with Crippen molar-refractivity contribution >= 4 is 11.6 Å². The minimum atomic E-state index is 0.209. The maximum absolute atomic E-state index is 6.28. The lowest BCUT2D eigenvalue weighted by Gasteiger charge is -2.16. The Bertz CT molecular complexity index is 521. The third kappa shape index (κ3) is 2.54. The van der Waals surface area contributed by atoms with Crippen LogP contribution in [0, 0.1) is 6.92 Å². The number of pyridine rings is 1. The molecule has 0 radical (unpaired) electrons. The second-order valence-corrected chi connectivity index (χ2v) is 4.67. The molecule has 96 valence electrons. The molecule has 0 amide bonds. The molecule has 0 spiro atoms. The average Bonchev–Trinajstić information content (AvgIpc) is 2.62. The van der Waals surface area contributed by atoms with Crippen molar-refractivity contribution in [3.05, 3.63) is 46.5 Å². The summed E-state index contributed by atoms with van der Waals surface area (Å²) in [6.07, 6.45) is 4.40. The molecule has 0 aliphatic rings. The molecule has 0 saturated heterocycles.